The molecular formula is C19H19N7O. The van der Waals surface area contributed by atoms with Gasteiger partial charge in [0.2, 0.25) is 5.91 Å². The van der Waals surface area contributed by atoms with Crippen LogP contribution in [-0.4, -0.2) is 26.5 Å². The Labute approximate surface area is 156 Å². The molecule has 3 aromatic rings. The first kappa shape index (κ1) is 16.8. The van der Waals surface area contributed by atoms with Gasteiger partial charge < -0.3 is 16.0 Å². The van der Waals surface area contributed by atoms with Crippen LogP contribution in [-0.2, 0) is 4.79 Å². The highest BCUT2D eigenvalue weighted by atomic mass is 16.1. The van der Waals surface area contributed by atoms with Gasteiger partial charge in [-0.25, -0.2) is 4.98 Å². The smallest absolute Gasteiger partial charge is 0.221 e. The summed E-state index contributed by atoms with van der Waals surface area (Å²) in [5.74, 6) is 0.459. The third kappa shape index (κ3) is 3.53. The van der Waals surface area contributed by atoms with Crippen LogP contribution < -0.4 is 16.0 Å². The average Bonchev–Trinajstić information content (AvgIpc) is 3.34. The number of fused-ring (bicyclic) bond motifs is 1. The molecule has 0 bridgehead atoms. The van der Waals surface area contributed by atoms with Crippen LogP contribution in [0.4, 0.5) is 22.9 Å². The highest BCUT2D eigenvalue weighted by Crippen LogP contribution is 2.30. The van der Waals surface area contributed by atoms with Crippen LogP contribution in [0.5, 0.6) is 0 Å². The summed E-state index contributed by atoms with van der Waals surface area (Å²) in [6, 6.07) is 10.1. The summed E-state index contributed by atoms with van der Waals surface area (Å²) in [5, 5.41) is 23.3. The molecule has 8 nitrogen and oxygen atoms in total. The summed E-state index contributed by atoms with van der Waals surface area (Å²) < 4.78 is 1.54. The van der Waals surface area contributed by atoms with Gasteiger partial charge in [0.15, 0.2) is 17.2 Å². The lowest BCUT2D eigenvalue weighted by Crippen LogP contribution is -2.09. The summed E-state index contributed by atoms with van der Waals surface area (Å²) in [4.78, 5) is 15.7. The normalized spacial score (nSPS) is 13.2. The van der Waals surface area contributed by atoms with Crippen molar-refractivity contribution in [3.8, 4) is 6.07 Å². The highest BCUT2D eigenvalue weighted by molar-refractivity contribution is 5.90. The molecule has 0 atom stereocenters. The van der Waals surface area contributed by atoms with Crippen LogP contribution >= 0.6 is 0 Å². The number of benzene rings is 1. The summed E-state index contributed by atoms with van der Waals surface area (Å²) in [5.41, 5.74) is 4.34. The van der Waals surface area contributed by atoms with Gasteiger partial charge in [0.25, 0.3) is 0 Å². The zero-order valence-electron chi connectivity index (χ0n) is 15.1. The first-order valence-corrected chi connectivity index (χ1v) is 8.74. The number of nitriles is 1. The van der Waals surface area contributed by atoms with E-state index in [0.29, 0.717) is 23.2 Å². The van der Waals surface area contributed by atoms with Crippen LogP contribution in [0.1, 0.15) is 31.0 Å². The summed E-state index contributed by atoms with van der Waals surface area (Å²) in [6.45, 7) is 3.41. The standard InChI is InChI=1S/C19H19N7O/c1-11-3-4-14(7-16(11)22-12(2)27)24-18-8-17(23-13-5-6-13)19-21-10-15(9-20)26(19)25-18/h3-4,7-8,10,13,23H,5-6H2,1-2H3,(H,22,27)(H,24,25). The van der Waals surface area contributed by atoms with E-state index in [2.05, 4.69) is 32.1 Å². The quantitative estimate of drug-likeness (QED) is 0.644. The van der Waals surface area contributed by atoms with Crippen LogP contribution in [0.2, 0.25) is 0 Å². The lowest BCUT2D eigenvalue weighted by atomic mass is 10.1. The molecule has 2 heterocycles. The van der Waals surface area contributed by atoms with E-state index >= 15 is 0 Å². The second-order valence-corrected chi connectivity index (χ2v) is 6.69. The highest BCUT2D eigenvalue weighted by Gasteiger charge is 2.23. The Morgan fingerprint density at radius 3 is 2.81 bits per heavy atom. The maximum absolute atomic E-state index is 11.4. The predicted molar refractivity (Wildman–Crippen MR) is 103 cm³/mol. The van der Waals surface area contributed by atoms with Gasteiger partial charge >= 0.3 is 0 Å². The fraction of sp³-hybridized carbons (Fsp3) is 0.263. The van der Waals surface area contributed by atoms with E-state index in [9.17, 15) is 10.1 Å². The molecule has 27 heavy (non-hydrogen) atoms. The van der Waals surface area contributed by atoms with Crippen molar-refractivity contribution in [2.75, 3.05) is 16.0 Å². The van der Waals surface area contributed by atoms with Crippen molar-refractivity contribution in [1.29, 1.82) is 5.26 Å². The maximum Gasteiger partial charge on any atom is 0.221 e. The Bertz CT molecular complexity index is 1080. The Balaban J connectivity index is 1.71. The van der Waals surface area contributed by atoms with Gasteiger partial charge in [-0.15, -0.1) is 5.10 Å². The summed E-state index contributed by atoms with van der Waals surface area (Å²) >= 11 is 0. The first-order chi connectivity index (χ1) is 13.0. The minimum atomic E-state index is -0.122. The largest absolute Gasteiger partial charge is 0.379 e. The minimum absolute atomic E-state index is 0.122. The van der Waals surface area contributed by atoms with Crippen LogP contribution in [0, 0.1) is 18.3 Å². The first-order valence-electron chi connectivity index (χ1n) is 8.74. The molecular weight excluding hydrogens is 342 g/mol. The molecule has 1 aliphatic carbocycles. The van der Waals surface area contributed by atoms with E-state index in [1.165, 1.54) is 17.6 Å². The second kappa shape index (κ2) is 6.61. The number of carbonyl (C=O) groups is 1. The van der Waals surface area contributed by atoms with Gasteiger partial charge in [0.05, 0.1) is 11.9 Å². The molecule has 0 radical (unpaired) electrons. The number of carbonyl (C=O) groups excluding carboxylic acids is 1. The number of hydrogen-bond acceptors (Lipinski definition) is 6. The molecule has 0 unspecified atom stereocenters. The SMILES string of the molecule is CC(=O)Nc1cc(Nc2cc(NC3CC3)c3ncc(C#N)n3n2)ccc1C. The third-order valence-electron chi connectivity index (χ3n) is 4.34. The van der Waals surface area contributed by atoms with Crippen LogP contribution in [0.25, 0.3) is 5.65 Å². The van der Waals surface area contributed by atoms with Gasteiger partial charge in [0.1, 0.15) is 6.07 Å². The maximum atomic E-state index is 11.4. The van der Waals surface area contributed by atoms with Gasteiger partial charge in [-0.1, -0.05) is 6.07 Å². The molecule has 0 spiro atoms. The number of anilines is 4. The summed E-state index contributed by atoms with van der Waals surface area (Å²) in [7, 11) is 0. The number of aryl methyl sites for hydroxylation is 1. The van der Waals surface area contributed by atoms with Crippen molar-refractivity contribution in [3.63, 3.8) is 0 Å². The number of hydrogen-bond donors (Lipinski definition) is 3. The van der Waals surface area contributed by atoms with Crippen molar-refractivity contribution in [2.45, 2.75) is 32.7 Å². The lowest BCUT2D eigenvalue weighted by molar-refractivity contribution is -0.114. The molecule has 8 heteroatoms. The molecule has 4 rings (SSSR count). The monoisotopic (exact) mass is 361 g/mol. The second-order valence-electron chi connectivity index (χ2n) is 6.69. The Morgan fingerprint density at radius 1 is 1.30 bits per heavy atom. The molecule has 0 saturated heterocycles. The molecule has 1 aliphatic rings. The van der Waals surface area contributed by atoms with Gasteiger partial charge in [-0.3, -0.25) is 4.79 Å². The minimum Gasteiger partial charge on any atom is -0.379 e. The molecule has 1 amide bonds. The van der Waals surface area contributed by atoms with Crippen molar-refractivity contribution in [2.24, 2.45) is 0 Å². The van der Waals surface area contributed by atoms with E-state index in [0.717, 1.165) is 35.5 Å². The average molecular weight is 361 g/mol. The summed E-state index contributed by atoms with van der Waals surface area (Å²) in [6.07, 6.45) is 3.77. The topological polar surface area (TPSA) is 107 Å². The zero-order valence-corrected chi connectivity index (χ0v) is 15.1. The Kier molecular flexibility index (Phi) is 4.12. The van der Waals surface area contributed by atoms with E-state index in [4.69, 9.17) is 0 Å². The third-order valence-corrected chi connectivity index (χ3v) is 4.34. The Morgan fingerprint density at radius 2 is 2.11 bits per heavy atom. The molecule has 1 fully saturated rings. The van der Waals surface area contributed by atoms with Crippen LogP contribution in [0.3, 0.4) is 0 Å². The molecule has 2 aromatic heterocycles. The predicted octanol–water partition coefficient (Wildman–Crippen LogP) is 3.19. The van der Waals surface area contributed by atoms with E-state index in [1.807, 2.05) is 31.2 Å². The number of aromatic nitrogens is 3. The van der Waals surface area contributed by atoms with Gasteiger partial charge in [0, 0.05) is 30.4 Å². The fourth-order valence-electron chi connectivity index (χ4n) is 2.83. The lowest BCUT2D eigenvalue weighted by Gasteiger charge is -2.13. The number of imidazole rings is 1. The molecule has 1 saturated carbocycles. The molecule has 3 N–H and O–H groups in total. The fourth-order valence-corrected chi connectivity index (χ4v) is 2.83. The molecule has 136 valence electrons. The van der Waals surface area contributed by atoms with Crippen LogP contribution in [0.15, 0.2) is 30.5 Å². The van der Waals surface area contributed by atoms with Gasteiger partial charge in [-0.2, -0.15) is 9.78 Å². The molecule has 1 aromatic carbocycles. The number of amides is 1. The van der Waals surface area contributed by atoms with E-state index in [-0.39, 0.29) is 5.91 Å². The number of nitrogens with zero attached hydrogens (tertiary/aromatic N) is 4. The van der Waals surface area contributed by atoms with Crippen molar-refractivity contribution >= 4 is 34.4 Å². The number of rotatable bonds is 5. The van der Waals surface area contributed by atoms with Gasteiger partial charge in [-0.05, 0) is 37.5 Å². The van der Waals surface area contributed by atoms with Crippen molar-refractivity contribution in [3.05, 3.63) is 41.7 Å². The van der Waals surface area contributed by atoms with Crippen molar-refractivity contribution in [1.82, 2.24) is 14.6 Å². The van der Waals surface area contributed by atoms with E-state index in [1.54, 1.807) is 0 Å². The van der Waals surface area contributed by atoms with E-state index < -0.39 is 0 Å². The molecule has 0 aliphatic heterocycles. The van der Waals surface area contributed by atoms with Crippen molar-refractivity contribution < 1.29 is 4.79 Å². The number of nitrogens with one attached hydrogen (secondary N) is 3. The zero-order chi connectivity index (χ0) is 19.0. The Hall–Kier alpha value is -3.60.